The molecule has 1 aromatic rings. The number of alkyl halides is 1. The third-order valence-electron chi connectivity index (χ3n) is 2.68. The van der Waals surface area contributed by atoms with Crippen LogP contribution in [-0.2, 0) is 0 Å². The topological polar surface area (TPSA) is 33.2 Å². The molecule has 1 unspecified atom stereocenters. The van der Waals surface area contributed by atoms with Crippen LogP contribution in [0.2, 0.25) is 0 Å². The fraction of sp³-hybridized carbons (Fsp3) is 0.455. The Hall–Kier alpha value is -1.09. The molecule has 3 nitrogen and oxygen atoms in total. The van der Waals surface area contributed by atoms with Crippen LogP contribution in [0.15, 0.2) is 24.4 Å². The summed E-state index contributed by atoms with van der Waals surface area (Å²) in [4.78, 5) is 17.8. The maximum atomic E-state index is 11.9. The SMILES string of the molecule is O=C(c1ccccn1)N1CCC(CCl)C1. The van der Waals surface area contributed by atoms with Crippen molar-refractivity contribution in [2.45, 2.75) is 6.42 Å². The Labute approximate surface area is 94.1 Å². The second kappa shape index (κ2) is 4.62. The van der Waals surface area contributed by atoms with E-state index in [0.29, 0.717) is 17.5 Å². The van der Waals surface area contributed by atoms with E-state index in [2.05, 4.69) is 4.98 Å². The molecule has 4 heteroatoms. The number of hydrogen-bond donors (Lipinski definition) is 0. The predicted octanol–water partition coefficient (Wildman–Crippen LogP) is 1.78. The molecule has 1 amide bonds. The number of carbonyl (C=O) groups is 1. The lowest BCUT2D eigenvalue weighted by atomic mass is 10.2. The highest BCUT2D eigenvalue weighted by Crippen LogP contribution is 2.18. The molecule has 1 aromatic heterocycles. The molecule has 0 aliphatic carbocycles. The van der Waals surface area contributed by atoms with Crippen LogP contribution in [0.25, 0.3) is 0 Å². The number of hydrogen-bond acceptors (Lipinski definition) is 2. The van der Waals surface area contributed by atoms with Crippen molar-refractivity contribution in [3.05, 3.63) is 30.1 Å². The predicted molar refractivity (Wildman–Crippen MR) is 59.0 cm³/mol. The summed E-state index contributed by atoms with van der Waals surface area (Å²) < 4.78 is 0. The van der Waals surface area contributed by atoms with E-state index in [-0.39, 0.29) is 5.91 Å². The van der Waals surface area contributed by atoms with Crippen molar-refractivity contribution in [1.29, 1.82) is 0 Å². The fourth-order valence-electron chi connectivity index (χ4n) is 1.79. The summed E-state index contributed by atoms with van der Waals surface area (Å²) in [7, 11) is 0. The molecule has 2 rings (SSSR count). The summed E-state index contributed by atoms with van der Waals surface area (Å²) in [5.41, 5.74) is 0.521. The van der Waals surface area contributed by atoms with Gasteiger partial charge in [-0.25, -0.2) is 0 Å². The van der Waals surface area contributed by atoms with Gasteiger partial charge in [0.2, 0.25) is 0 Å². The van der Waals surface area contributed by atoms with Crippen LogP contribution in [0.1, 0.15) is 16.9 Å². The van der Waals surface area contributed by atoms with Crippen LogP contribution in [0.3, 0.4) is 0 Å². The molecular weight excluding hydrogens is 212 g/mol. The van der Waals surface area contributed by atoms with Crippen LogP contribution < -0.4 is 0 Å². The molecule has 0 saturated carbocycles. The second-order valence-corrected chi connectivity index (χ2v) is 4.08. The molecule has 0 aromatic carbocycles. The zero-order chi connectivity index (χ0) is 10.7. The first-order chi connectivity index (χ1) is 7.31. The Morgan fingerprint density at radius 3 is 3.07 bits per heavy atom. The third-order valence-corrected chi connectivity index (χ3v) is 3.11. The monoisotopic (exact) mass is 224 g/mol. The highest BCUT2D eigenvalue weighted by molar-refractivity contribution is 6.18. The molecule has 0 N–H and O–H groups in total. The fourth-order valence-corrected chi connectivity index (χ4v) is 2.05. The summed E-state index contributed by atoms with van der Waals surface area (Å²) in [5.74, 6) is 1.09. The van der Waals surface area contributed by atoms with Gasteiger partial charge in [-0.3, -0.25) is 9.78 Å². The molecule has 15 heavy (non-hydrogen) atoms. The first-order valence-corrected chi connectivity index (χ1v) is 5.61. The van der Waals surface area contributed by atoms with Gasteiger partial charge in [0.05, 0.1) is 0 Å². The number of amides is 1. The van der Waals surface area contributed by atoms with E-state index in [0.717, 1.165) is 19.5 Å². The van der Waals surface area contributed by atoms with E-state index in [9.17, 15) is 4.79 Å². The van der Waals surface area contributed by atoms with E-state index in [1.807, 2.05) is 17.0 Å². The quantitative estimate of drug-likeness (QED) is 0.718. The normalized spacial score (nSPS) is 20.6. The summed E-state index contributed by atoms with van der Waals surface area (Å²) in [5, 5.41) is 0. The van der Waals surface area contributed by atoms with Crippen molar-refractivity contribution in [3.63, 3.8) is 0 Å². The number of rotatable bonds is 2. The molecular formula is C11H13ClN2O. The summed E-state index contributed by atoms with van der Waals surface area (Å²) in [6.45, 7) is 1.56. The minimum absolute atomic E-state index is 0.0169. The first kappa shape index (κ1) is 10.4. The van der Waals surface area contributed by atoms with Crippen molar-refractivity contribution in [1.82, 2.24) is 9.88 Å². The number of likely N-dealkylation sites (tertiary alicyclic amines) is 1. The van der Waals surface area contributed by atoms with Crippen molar-refractivity contribution in [2.75, 3.05) is 19.0 Å². The van der Waals surface area contributed by atoms with Crippen molar-refractivity contribution in [2.24, 2.45) is 5.92 Å². The van der Waals surface area contributed by atoms with Crippen molar-refractivity contribution in [3.8, 4) is 0 Å². The number of halogens is 1. The van der Waals surface area contributed by atoms with Crippen LogP contribution >= 0.6 is 11.6 Å². The van der Waals surface area contributed by atoms with Crippen LogP contribution in [0, 0.1) is 5.92 Å². The van der Waals surface area contributed by atoms with Gasteiger partial charge in [-0.2, -0.15) is 0 Å². The van der Waals surface area contributed by atoms with Crippen LogP contribution in [-0.4, -0.2) is 34.8 Å². The van der Waals surface area contributed by atoms with Crippen LogP contribution in [0.4, 0.5) is 0 Å². The van der Waals surface area contributed by atoms with Gasteiger partial charge in [-0.1, -0.05) is 6.07 Å². The van der Waals surface area contributed by atoms with Gasteiger partial charge in [-0.05, 0) is 24.5 Å². The molecule has 0 spiro atoms. The Bertz CT molecular complexity index is 342. The third kappa shape index (κ3) is 2.29. The van der Waals surface area contributed by atoms with Gasteiger partial charge in [-0.15, -0.1) is 11.6 Å². The van der Waals surface area contributed by atoms with E-state index >= 15 is 0 Å². The van der Waals surface area contributed by atoms with Crippen molar-refractivity contribution < 1.29 is 4.79 Å². The highest BCUT2D eigenvalue weighted by atomic mass is 35.5. The minimum atomic E-state index is 0.0169. The summed E-state index contributed by atoms with van der Waals surface area (Å²) >= 11 is 5.77. The number of aromatic nitrogens is 1. The van der Waals surface area contributed by atoms with Gasteiger partial charge in [0.15, 0.2) is 0 Å². The first-order valence-electron chi connectivity index (χ1n) is 5.07. The minimum Gasteiger partial charge on any atom is -0.337 e. The maximum Gasteiger partial charge on any atom is 0.272 e. The summed E-state index contributed by atoms with van der Waals surface area (Å²) in [6, 6.07) is 5.38. The molecule has 1 fully saturated rings. The summed E-state index contributed by atoms with van der Waals surface area (Å²) in [6.07, 6.45) is 2.64. The second-order valence-electron chi connectivity index (χ2n) is 3.78. The Kier molecular flexibility index (Phi) is 3.21. The van der Waals surface area contributed by atoms with E-state index in [4.69, 9.17) is 11.6 Å². The standard InChI is InChI=1S/C11H13ClN2O/c12-7-9-4-6-14(8-9)11(15)10-3-1-2-5-13-10/h1-3,5,9H,4,6-8H2. The van der Waals surface area contributed by atoms with Gasteiger partial charge >= 0.3 is 0 Å². The number of carbonyl (C=O) groups excluding carboxylic acids is 1. The smallest absolute Gasteiger partial charge is 0.272 e. The van der Waals surface area contributed by atoms with Gasteiger partial charge < -0.3 is 4.90 Å². The molecule has 1 saturated heterocycles. The van der Waals surface area contributed by atoms with Gasteiger partial charge in [0.1, 0.15) is 5.69 Å². The largest absolute Gasteiger partial charge is 0.337 e. The maximum absolute atomic E-state index is 11.9. The molecule has 1 aliphatic rings. The van der Waals surface area contributed by atoms with E-state index < -0.39 is 0 Å². The lowest BCUT2D eigenvalue weighted by molar-refractivity contribution is 0.0782. The molecule has 1 aliphatic heterocycles. The average Bonchev–Trinajstić information content (AvgIpc) is 2.78. The van der Waals surface area contributed by atoms with E-state index in [1.165, 1.54) is 0 Å². The van der Waals surface area contributed by atoms with Gasteiger partial charge in [0, 0.05) is 25.2 Å². The lowest BCUT2D eigenvalue weighted by Gasteiger charge is -2.15. The molecule has 0 bridgehead atoms. The Morgan fingerprint density at radius 1 is 1.60 bits per heavy atom. The highest BCUT2D eigenvalue weighted by Gasteiger charge is 2.26. The van der Waals surface area contributed by atoms with Gasteiger partial charge in [0.25, 0.3) is 5.91 Å². The number of nitrogens with zero attached hydrogens (tertiary/aromatic N) is 2. The average molecular weight is 225 g/mol. The molecule has 80 valence electrons. The Balaban J connectivity index is 2.04. The lowest BCUT2D eigenvalue weighted by Crippen LogP contribution is -2.29. The van der Waals surface area contributed by atoms with Crippen LogP contribution in [0.5, 0.6) is 0 Å². The zero-order valence-corrected chi connectivity index (χ0v) is 9.15. The molecule has 1 atom stereocenters. The Morgan fingerprint density at radius 2 is 2.47 bits per heavy atom. The molecule has 0 radical (unpaired) electrons. The molecule has 2 heterocycles. The van der Waals surface area contributed by atoms with E-state index in [1.54, 1.807) is 12.3 Å². The van der Waals surface area contributed by atoms with Crippen molar-refractivity contribution >= 4 is 17.5 Å². The zero-order valence-electron chi connectivity index (χ0n) is 8.40. The number of pyridine rings is 1.